The van der Waals surface area contributed by atoms with E-state index in [4.69, 9.17) is 0 Å². The third kappa shape index (κ3) is 5.94. The zero-order valence-corrected chi connectivity index (χ0v) is 28.7. The molecule has 1 aromatic heterocycles. The van der Waals surface area contributed by atoms with Crippen LogP contribution in [0.3, 0.4) is 0 Å². The first-order chi connectivity index (χ1) is 25.3. The van der Waals surface area contributed by atoms with Gasteiger partial charge in [-0.2, -0.15) is 0 Å². The largest absolute Gasteiger partial charge is 0.310 e. The number of benzene rings is 8. The minimum absolute atomic E-state index is 1.10. The Hall–Kier alpha value is -6.42. The zero-order chi connectivity index (χ0) is 34.0. The molecule has 9 aromatic rings. The van der Waals surface area contributed by atoms with Gasteiger partial charge in [0.25, 0.3) is 0 Å². The fraction of sp³-hybridized carbons (Fsp3) is 0. The summed E-state index contributed by atoms with van der Waals surface area (Å²) in [4.78, 5) is 4.68. The number of para-hydroxylation sites is 4. The first-order valence-electron chi connectivity index (χ1n) is 17.3. The summed E-state index contributed by atoms with van der Waals surface area (Å²) in [5.74, 6) is 0. The molecule has 0 aliphatic carbocycles. The summed E-state index contributed by atoms with van der Waals surface area (Å²) in [6.45, 7) is 0. The molecular formula is C48H34N2S. The Kier molecular flexibility index (Phi) is 8.09. The van der Waals surface area contributed by atoms with Gasteiger partial charge in [-0.3, -0.25) is 0 Å². The van der Waals surface area contributed by atoms with Gasteiger partial charge in [0.05, 0.1) is 5.69 Å². The van der Waals surface area contributed by atoms with E-state index in [0.29, 0.717) is 0 Å². The molecule has 0 atom stereocenters. The molecule has 0 N–H and O–H groups in total. The number of hydrogen-bond acceptors (Lipinski definition) is 3. The normalized spacial score (nSPS) is 11.1. The SMILES string of the molecule is c1ccc(N(c2ccc(-c3ccc4c(c3)sc3ccccc34)cc2)c2cccc(-c3ccccc3N(c3ccccc3)c3ccccc3)c2)cc1. The topological polar surface area (TPSA) is 6.48 Å². The van der Waals surface area contributed by atoms with E-state index in [0.717, 1.165) is 45.3 Å². The molecule has 0 aliphatic heterocycles. The van der Waals surface area contributed by atoms with Crippen molar-refractivity contribution in [2.24, 2.45) is 0 Å². The fourth-order valence-electron chi connectivity index (χ4n) is 7.04. The average Bonchev–Trinajstić information content (AvgIpc) is 3.58. The third-order valence-corrected chi connectivity index (χ3v) is 10.6. The van der Waals surface area contributed by atoms with E-state index in [1.165, 1.54) is 31.3 Å². The summed E-state index contributed by atoms with van der Waals surface area (Å²) in [5.41, 5.74) is 11.4. The van der Waals surface area contributed by atoms with Gasteiger partial charge in [-0.25, -0.2) is 0 Å². The van der Waals surface area contributed by atoms with Gasteiger partial charge in [-0.1, -0.05) is 127 Å². The van der Waals surface area contributed by atoms with Crippen LogP contribution in [0, 0.1) is 0 Å². The van der Waals surface area contributed by atoms with Gasteiger partial charge in [-0.05, 0) is 95.6 Å². The highest BCUT2D eigenvalue weighted by Gasteiger charge is 2.19. The Morgan fingerprint density at radius 2 is 0.824 bits per heavy atom. The van der Waals surface area contributed by atoms with Crippen molar-refractivity contribution >= 4 is 65.6 Å². The molecule has 242 valence electrons. The van der Waals surface area contributed by atoms with Crippen molar-refractivity contribution in [1.82, 2.24) is 0 Å². The van der Waals surface area contributed by atoms with E-state index >= 15 is 0 Å². The summed E-state index contributed by atoms with van der Waals surface area (Å²) in [6.07, 6.45) is 0. The maximum atomic E-state index is 2.34. The van der Waals surface area contributed by atoms with E-state index in [9.17, 15) is 0 Å². The van der Waals surface area contributed by atoms with E-state index in [1.807, 2.05) is 11.3 Å². The molecule has 0 bridgehead atoms. The smallest absolute Gasteiger partial charge is 0.0540 e. The Bertz CT molecular complexity index is 2540. The standard InChI is InChI=1S/C48H34N2S/c1-4-16-38(17-5-1)49(41-30-27-35(28-31-41)36-29-32-45-44-24-11-13-26-47(44)51-48(45)34-36)42-22-14-15-37(33-42)43-23-10-12-25-46(43)50(39-18-6-2-7-19-39)40-20-8-3-9-21-40/h1-34H. The number of anilines is 6. The molecule has 0 fully saturated rings. The number of rotatable bonds is 8. The summed E-state index contributed by atoms with van der Waals surface area (Å²) in [7, 11) is 0. The molecule has 0 radical (unpaired) electrons. The van der Waals surface area contributed by atoms with Crippen molar-refractivity contribution in [3.8, 4) is 22.3 Å². The first kappa shape index (κ1) is 30.6. The van der Waals surface area contributed by atoms with Crippen LogP contribution in [0.1, 0.15) is 0 Å². The van der Waals surface area contributed by atoms with Crippen LogP contribution in [0.4, 0.5) is 34.1 Å². The molecule has 0 spiro atoms. The van der Waals surface area contributed by atoms with Crippen LogP contribution in [0.2, 0.25) is 0 Å². The van der Waals surface area contributed by atoms with Gasteiger partial charge >= 0.3 is 0 Å². The molecule has 0 aliphatic rings. The lowest BCUT2D eigenvalue weighted by Gasteiger charge is -2.29. The van der Waals surface area contributed by atoms with Gasteiger partial charge in [0, 0.05) is 54.2 Å². The van der Waals surface area contributed by atoms with E-state index in [1.54, 1.807) is 0 Å². The molecule has 1 heterocycles. The second-order valence-corrected chi connectivity index (χ2v) is 13.7. The Balaban J connectivity index is 1.11. The van der Waals surface area contributed by atoms with Gasteiger partial charge in [0.15, 0.2) is 0 Å². The minimum atomic E-state index is 1.10. The van der Waals surface area contributed by atoms with Gasteiger partial charge in [0.2, 0.25) is 0 Å². The van der Waals surface area contributed by atoms with E-state index in [-0.39, 0.29) is 0 Å². The third-order valence-electron chi connectivity index (χ3n) is 9.44. The molecule has 51 heavy (non-hydrogen) atoms. The van der Waals surface area contributed by atoms with Crippen LogP contribution in [0.25, 0.3) is 42.4 Å². The molecular weight excluding hydrogens is 637 g/mol. The number of nitrogens with zero attached hydrogens (tertiary/aromatic N) is 2. The van der Waals surface area contributed by atoms with Crippen molar-refractivity contribution in [1.29, 1.82) is 0 Å². The molecule has 8 aromatic carbocycles. The maximum absolute atomic E-state index is 2.34. The number of hydrogen-bond donors (Lipinski definition) is 0. The van der Waals surface area contributed by atoms with Crippen LogP contribution in [0.5, 0.6) is 0 Å². The van der Waals surface area contributed by atoms with Crippen molar-refractivity contribution in [3.05, 3.63) is 206 Å². The first-order valence-corrected chi connectivity index (χ1v) is 18.1. The second kappa shape index (κ2) is 13.5. The Morgan fingerprint density at radius 3 is 1.53 bits per heavy atom. The highest BCUT2D eigenvalue weighted by molar-refractivity contribution is 7.25. The molecule has 0 unspecified atom stereocenters. The second-order valence-electron chi connectivity index (χ2n) is 12.6. The quantitative estimate of drug-likeness (QED) is 0.159. The fourth-order valence-corrected chi connectivity index (χ4v) is 8.18. The molecule has 3 heteroatoms. The zero-order valence-electron chi connectivity index (χ0n) is 27.9. The summed E-state index contributed by atoms with van der Waals surface area (Å²) >= 11 is 1.86. The Labute approximate surface area is 302 Å². The van der Waals surface area contributed by atoms with Crippen LogP contribution < -0.4 is 9.80 Å². The van der Waals surface area contributed by atoms with Gasteiger partial charge in [0.1, 0.15) is 0 Å². The Morgan fingerprint density at radius 1 is 0.294 bits per heavy atom. The van der Waals surface area contributed by atoms with Gasteiger partial charge < -0.3 is 9.80 Å². The minimum Gasteiger partial charge on any atom is -0.310 e. The molecule has 0 saturated carbocycles. The predicted molar refractivity (Wildman–Crippen MR) is 220 cm³/mol. The molecule has 0 saturated heterocycles. The number of thiophene rings is 1. The lowest BCUT2D eigenvalue weighted by Crippen LogP contribution is -2.11. The number of fused-ring (bicyclic) bond motifs is 3. The van der Waals surface area contributed by atoms with Crippen LogP contribution in [-0.2, 0) is 0 Å². The van der Waals surface area contributed by atoms with Crippen molar-refractivity contribution in [2.75, 3.05) is 9.80 Å². The summed E-state index contributed by atoms with van der Waals surface area (Å²) in [5, 5.41) is 2.65. The average molecular weight is 671 g/mol. The summed E-state index contributed by atoms with van der Waals surface area (Å²) < 4.78 is 2.65. The lowest BCUT2D eigenvalue weighted by atomic mass is 10.00. The van der Waals surface area contributed by atoms with Crippen LogP contribution in [0.15, 0.2) is 206 Å². The van der Waals surface area contributed by atoms with Crippen LogP contribution >= 0.6 is 11.3 Å². The predicted octanol–water partition coefficient (Wildman–Crippen LogP) is 14.3. The van der Waals surface area contributed by atoms with Crippen molar-refractivity contribution in [2.45, 2.75) is 0 Å². The maximum Gasteiger partial charge on any atom is 0.0540 e. The molecule has 0 amide bonds. The van der Waals surface area contributed by atoms with Crippen molar-refractivity contribution < 1.29 is 0 Å². The van der Waals surface area contributed by atoms with Crippen molar-refractivity contribution in [3.63, 3.8) is 0 Å². The monoisotopic (exact) mass is 670 g/mol. The van der Waals surface area contributed by atoms with E-state index in [2.05, 4.69) is 216 Å². The molecule has 2 nitrogen and oxygen atoms in total. The highest BCUT2D eigenvalue weighted by Crippen LogP contribution is 2.43. The van der Waals surface area contributed by atoms with Crippen LogP contribution in [-0.4, -0.2) is 0 Å². The summed E-state index contributed by atoms with van der Waals surface area (Å²) in [6, 6.07) is 73.9. The molecule has 9 rings (SSSR count). The van der Waals surface area contributed by atoms with Gasteiger partial charge in [-0.15, -0.1) is 11.3 Å². The highest BCUT2D eigenvalue weighted by atomic mass is 32.1. The van der Waals surface area contributed by atoms with E-state index < -0.39 is 0 Å². The lowest BCUT2D eigenvalue weighted by molar-refractivity contribution is 1.27.